The number of unbranched alkanes of at least 4 members (excludes halogenated alkanes) is 1. The number of anilines is 1. The Morgan fingerprint density at radius 2 is 1.90 bits per heavy atom. The molecule has 8 nitrogen and oxygen atoms in total. The van der Waals surface area contributed by atoms with E-state index in [1.807, 2.05) is 32.9 Å². The smallest absolute Gasteiger partial charge is 0.253 e. The first-order valence-corrected chi connectivity index (χ1v) is 15.2. The highest BCUT2D eigenvalue weighted by atomic mass is 35.5. The van der Waals surface area contributed by atoms with Gasteiger partial charge in [-0.2, -0.15) is 0 Å². The first kappa shape index (κ1) is 31.3. The first-order valence-electron chi connectivity index (χ1n) is 14.9. The number of carbonyl (C=O) groups is 3. The van der Waals surface area contributed by atoms with Crippen LogP contribution >= 0.6 is 11.6 Å². The summed E-state index contributed by atoms with van der Waals surface area (Å²) in [4.78, 5) is 48.4. The number of rotatable bonds is 14. The molecule has 2 unspecified atom stereocenters. The van der Waals surface area contributed by atoms with Gasteiger partial charge in [-0.1, -0.05) is 49.7 Å². The molecular formula is C32H44ClN3O5. The van der Waals surface area contributed by atoms with E-state index in [0.717, 1.165) is 12.0 Å². The van der Waals surface area contributed by atoms with Gasteiger partial charge in [0.1, 0.15) is 11.6 Å². The Labute approximate surface area is 248 Å². The van der Waals surface area contributed by atoms with Gasteiger partial charge in [-0.25, -0.2) is 0 Å². The number of hydrogen-bond acceptors (Lipinski definition) is 5. The van der Waals surface area contributed by atoms with Crippen LogP contribution in [-0.2, 0) is 19.1 Å². The number of hydrogen-bond donors (Lipinski definition) is 1. The van der Waals surface area contributed by atoms with Crippen LogP contribution in [-0.4, -0.2) is 82.7 Å². The Morgan fingerprint density at radius 3 is 2.51 bits per heavy atom. The Kier molecular flexibility index (Phi) is 9.66. The highest BCUT2D eigenvalue weighted by molar-refractivity contribution is 6.34. The van der Waals surface area contributed by atoms with Gasteiger partial charge >= 0.3 is 0 Å². The van der Waals surface area contributed by atoms with Crippen molar-refractivity contribution >= 4 is 35.0 Å². The van der Waals surface area contributed by atoms with Gasteiger partial charge in [-0.15, -0.1) is 13.2 Å². The summed E-state index contributed by atoms with van der Waals surface area (Å²) in [5, 5.41) is 9.90. The van der Waals surface area contributed by atoms with Crippen LogP contribution in [0.5, 0.6) is 0 Å². The van der Waals surface area contributed by atoms with Crippen molar-refractivity contribution in [3.05, 3.63) is 54.1 Å². The molecule has 1 N–H and O–H groups in total. The van der Waals surface area contributed by atoms with Crippen LogP contribution in [0.4, 0.5) is 5.69 Å². The minimum absolute atomic E-state index is 0.0132. The number of carbonyl (C=O) groups excluding carboxylic acids is 3. The molecule has 1 spiro atoms. The van der Waals surface area contributed by atoms with Crippen LogP contribution in [0.25, 0.3) is 0 Å². The molecule has 2 bridgehead atoms. The molecule has 1 aromatic rings. The summed E-state index contributed by atoms with van der Waals surface area (Å²) in [5.41, 5.74) is -0.548. The Morgan fingerprint density at radius 1 is 1.17 bits per heavy atom. The first-order chi connectivity index (χ1) is 19.7. The number of ether oxygens (including phenoxy) is 1. The van der Waals surface area contributed by atoms with Gasteiger partial charge in [-0.05, 0) is 57.1 Å². The van der Waals surface area contributed by atoms with Crippen molar-refractivity contribution < 1.29 is 24.2 Å². The summed E-state index contributed by atoms with van der Waals surface area (Å²) < 4.78 is 6.93. The minimum atomic E-state index is -1.13. The van der Waals surface area contributed by atoms with Crippen LogP contribution in [0.2, 0.25) is 5.02 Å². The van der Waals surface area contributed by atoms with E-state index in [1.54, 1.807) is 32.9 Å². The zero-order chi connectivity index (χ0) is 29.9. The molecule has 3 fully saturated rings. The molecule has 0 saturated carbocycles. The third-order valence-corrected chi connectivity index (χ3v) is 9.48. The third-order valence-electron chi connectivity index (χ3n) is 9.18. The summed E-state index contributed by atoms with van der Waals surface area (Å²) in [6.45, 7) is 15.0. The summed E-state index contributed by atoms with van der Waals surface area (Å²) in [7, 11) is 0. The number of likely N-dealkylation sites (tertiary alicyclic amines) is 1. The molecule has 224 valence electrons. The maximum Gasteiger partial charge on any atom is 0.253 e. The predicted octanol–water partition coefficient (Wildman–Crippen LogP) is 4.52. The van der Waals surface area contributed by atoms with Crippen molar-refractivity contribution in [1.29, 1.82) is 0 Å². The lowest BCUT2D eigenvalue weighted by atomic mass is 9.64. The third kappa shape index (κ3) is 5.12. The number of nitrogens with zero attached hydrogens (tertiary/aromatic N) is 3. The van der Waals surface area contributed by atoms with Gasteiger partial charge in [0.05, 0.1) is 28.1 Å². The molecular weight excluding hydrogens is 542 g/mol. The van der Waals surface area contributed by atoms with Gasteiger partial charge in [-0.3, -0.25) is 14.4 Å². The summed E-state index contributed by atoms with van der Waals surface area (Å²) in [6, 6.07) is 4.54. The van der Waals surface area contributed by atoms with Gasteiger partial charge < -0.3 is 24.5 Å². The molecule has 3 aliphatic heterocycles. The number of benzene rings is 1. The molecule has 3 heterocycles. The average Bonchev–Trinajstić information content (AvgIpc) is 3.55. The van der Waals surface area contributed by atoms with Crippen molar-refractivity contribution in [1.82, 2.24) is 9.80 Å². The molecule has 41 heavy (non-hydrogen) atoms. The van der Waals surface area contributed by atoms with Crippen LogP contribution in [0.1, 0.15) is 57.9 Å². The van der Waals surface area contributed by atoms with Crippen molar-refractivity contribution in [3.8, 4) is 0 Å². The molecule has 3 saturated heterocycles. The number of aryl methyl sites for hydroxylation is 1. The maximum absolute atomic E-state index is 14.7. The second-order valence-corrected chi connectivity index (χ2v) is 11.9. The normalized spacial score (nSPS) is 28.1. The summed E-state index contributed by atoms with van der Waals surface area (Å²) in [5.74, 6) is -2.08. The molecule has 5 atom stereocenters. The number of aliphatic hydroxyl groups is 1. The van der Waals surface area contributed by atoms with Crippen molar-refractivity contribution in [2.24, 2.45) is 11.8 Å². The van der Waals surface area contributed by atoms with E-state index >= 15 is 0 Å². The molecule has 0 aromatic heterocycles. The number of para-hydroxylation sites is 1. The SMILES string of the molecule is C=CCN(CCC)C(=O)[C@H]1[C@H]2C(=O)N(CCCCO)C(C(=O)N(CC=C)c3c(C)cccc3Cl)C23CC[C@]1(CC)O3. The molecule has 0 aliphatic carbocycles. The van der Waals surface area contributed by atoms with E-state index in [0.29, 0.717) is 55.9 Å². The quantitative estimate of drug-likeness (QED) is 0.256. The zero-order valence-corrected chi connectivity index (χ0v) is 25.4. The van der Waals surface area contributed by atoms with Crippen LogP contribution in [0.15, 0.2) is 43.5 Å². The standard InChI is InChI=1S/C32H44ClN3O5/c1-6-17-34(18-7-2)28(38)24-25-29(39)36(20-10-11-21-37)27(32(25)16-15-31(24,9-4)41-32)30(40)35(19-8-3)26-22(5)13-12-14-23(26)33/h6,8,12-14,24-25,27,37H,1,3,7,9-11,15-21H2,2,4-5H3/t24-,25+,27?,31+,32?/m1/s1. The molecule has 3 amide bonds. The van der Waals surface area contributed by atoms with Crippen LogP contribution in [0.3, 0.4) is 0 Å². The predicted molar refractivity (Wildman–Crippen MR) is 161 cm³/mol. The number of amides is 3. The average molecular weight is 586 g/mol. The van der Waals surface area contributed by atoms with Crippen LogP contribution < -0.4 is 4.90 Å². The lowest BCUT2D eigenvalue weighted by molar-refractivity contribution is -0.151. The largest absolute Gasteiger partial charge is 0.396 e. The van der Waals surface area contributed by atoms with Crippen molar-refractivity contribution in [2.75, 3.05) is 37.7 Å². The lowest BCUT2D eigenvalue weighted by Gasteiger charge is -2.37. The van der Waals surface area contributed by atoms with E-state index in [-0.39, 0.29) is 37.4 Å². The van der Waals surface area contributed by atoms with E-state index in [9.17, 15) is 19.5 Å². The second-order valence-electron chi connectivity index (χ2n) is 11.5. The second kappa shape index (κ2) is 12.7. The Hall–Kier alpha value is -2.68. The highest BCUT2D eigenvalue weighted by Crippen LogP contribution is 2.64. The highest BCUT2D eigenvalue weighted by Gasteiger charge is 2.79. The van der Waals surface area contributed by atoms with Gasteiger partial charge in [0.25, 0.3) is 5.91 Å². The molecule has 4 rings (SSSR count). The Balaban J connectivity index is 1.84. The fraction of sp³-hybridized carbons (Fsp3) is 0.594. The van der Waals surface area contributed by atoms with Crippen molar-refractivity contribution in [2.45, 2.75) is 76.5 Å². The Bertz CT molecular complexity index is 1170. The summed E-state index contributed by atoms with van der Waals surface area (Å²) in [6.07, 6.45) is 6.82. The van der Waals surface area contributed by atoms with E-state index in [4.69, 9.17) is 16.3 Å². The molecule has 0 radical (unpaired) electrons. The van der Waals surface area contributed by atoms with E-state index < -0.39 is 29.1 Å². The maximum atomic E-state index is 14.7. The summed E-state index contributed by atoms with van der Waals surface area (Å²) >= 11 is 6.64. The molecule has 3 aliphatic rings. The minimum Gasteiger partial charge on any atom is -0.396 e. The van der Waals surface area contributed by atoms with Gasteiger partial charge in [0, 0.05) is 32.8 Å². The molecule has 1 aromatic carbocycles. The number of aliphatic hydroxyl groups excluding tert-OH is 1. The number of halogens is 1. The van der Waals surface area contributed by atoms with Crippen LogP contribution in [0, 0.1) is 18.8 Å². The fourth-order valence-electron chi connectivity index (χ4n) is 7.45. The number of fused-ring (bicyclic) bond motifs is 1. The van der Waals surface area contributed by atoms with Gasteiger partial charge in [0.15, 0.2) is 0 Å². The topological polar surface area (TPSA) is 90.4 Å². The molecule has 9 heteroatoms. The van der Waals surface area contributed by atoms with Gasteiger partial charge in [0.2, 0.25) is 11.8 Å². The van der Waals surface area contributed by atoms with Crippen molar-refractivity contribution in [3.63, 3.8) is 0 Å². The lowest BCUT2D eigenvalue weighted by Crippen LogP contribution is -2.57. The van der Waals surface area contributed by atoms with E-state index in [2.05, 4.69) is 13.2 Å². The van der Waals surface area contributed by atoms with E-state index in [1.165, 1.54) is 0 Å². The fourth-order valence-corrected chi connectivity index (χ4v) is 7.78. The zero-order valence-electron chi connectivity index (χ0n) is 24.6. The monoisotopic (exact) mass is 585 g/mol.